The maximum atomic E-state index is 13.1. The van der Waals surface area contributed by atoms with Crippen LogP contribution >= 0.6 is 15.6 Å². The third kappa shape index (κ3) is 80.2. The van der Waals surface area contributed by atoms with Crippen molar-refractivity contribution in [1.29, 1.82) is 0 Å². The van der Waals surface area contributed by atoms with E-state index in [0.717, 1.165) is 212 Å². The van der Waals surface area contributed by atoms with Crippen molar-refractivity contribution in [1.82, 2.24) is 0 Å². The van der Waals surface area contributed by atoms with Gasteiger partial charge in [0.1, 0.15) is 19.3 Å². The van der Waals surface area contributed by atoms with E-state index in [1.807, 2.05) is 12.2 Å². The summed E-state index contributed by atoms with van der Waals surface area (Å²) in [5, 5.41) is 10.7. The van der Waals surface area contributed by atoms with E-state index in [1.54, 1.807) is 12.2 Å². The number of unbranched alkanes of at least 4 members (excludes halogenated alkanes) is 22. The molecule has 0 spiro atoms. The minimum absolute atomic E-state index is 0.0718. The molecule has 0 aliphatic rings. The van der Waals surface area contributed by atoms with Crippen LogP contribution in [0, 0.1) is 0 Å². The number of hydrogen-bond donors (Lipinski definition) is 3. The number of hydrogen-bond acceptors (Lipinski definition) is 15. The highest BCUT2D eigenvalue weighted by molar-refractivity contribution is 7.47. The maximum Gasteiger partial charge on any atom is 0.472 e. The summed E-state index contributed by atoms with van der Waals surface area (Å²) in [6.45, 7) is 4.36. The Hall–Kier alpha value is -5.84. The molecule has 0 saturated carbocycles. The third-order valence-electron chi connectivity index (χ3n) is 16.9. The number of rotatable bonds is 77. The highest BCUT2D eigenvalue weighted by Crippen LogP contribution is 2.45. The summed E-state index contributed by atoms with van der Waals surface area (Å²) in [4.78, 5) is 73.2. The first kappa shape index (κ1) is 104. The summed E-state index contributed by atoms with van der Waals surface area (Å²) in [6.07, 6.45) is 98.8. The Bertz CT molecular complexity index is 2800. The smallest absolute Gasteiger partial charge is 0.462 e. The summed E-state index contributed by atoms with van der Waals surface area (Å²) in [5.74, 6) is -2.37. The molecule has 0 bridgehead atoms. The number of phosphoric acid groups is 2. The molecule has 0 saturated heterocycles. The van der Waals surface area contributed by atoms with Crippen LogP contribution in [0.2, 0.25) is 0 Å². The van der Waals surface area contributed by atoms with Gasteiger partial charge in [-0.2, -0.15) is 0 Å². The summed E-state index contributed by atoms with van der Waals surface area (Å²) in [6, 6.07) is 0. The number of phosphoric ester groups is 2. The van der Waals surface area contributed by atoms with Gasteiger partial charge in [-0.15, -0.1) is 0 Å². The number of carbonyl (C=O) groups is 4. The molecule has 5 atom stereocenters. The van der Waals surface area contributed by atoms with Crippen LogP contribution in [0.4, 0.5) is 0 Å². The highest BCUT2D eigenvalue weighted by atomic mass is 31.2. The maximum absolute atomic E-state index is 13.1. The second-order valence-corrected chi connectivity index (χ2v) is 30.2. The van der Waals surface area contributed by atoms with Gasteiger partial charge < -0.3 is 33.8 Å². The Morgan fingerprint density at radius 2 is 0.509 bits per heavy atom. The molecular formula is C91H148O17P2. The third-order valence-corrected chi connectivity index (χ3v) is 18.8. The number of aliphatic hydroxyl groups is 1. The molecule has 0 aromatic rings. The zero-order chi connectivity index (χ0) is 80.3. The fraction of sp³-hybridized carbons (Fsp3) is 0.626. The van der Waals surface area contributed by atoms with Crippen molar-refractivity contribution in [2.45, 2.75) is 329 Å². The number of ether oxygens (including phenoxy) is 4. The van der Waals surface area contributed by atoms with Crippen LogP contribution in [0.3, 0.4) is 0 Å². The van der Waals surface area contributed by atoms with Crippen molar-refractivity contribution in [2.75, 3.05) is 39.6 Å². The molecule has 0 aliphatic heterocycles. The number of aliphatic hydroxyl groups excluding tert-OH is 1. The van der Waals surface area contributed by atoms with E-state index >= 15 is 0 Å². The van der Waals surface area contributed by atoms with Gasteiger partial charge in [-0.3, -0.25) is 37.3 Å². The lowest BCUT2D eigenvalue weighted by atomic mass is 10.1. The Kier molecular flexibility index (Phi) is 76.9. The van der Waals surface area contributed by atoms with Crippen molar-refractivity contribution in [3.05, 3.63) is 182 Å². The van der Waals surface area contributed by atoms with Gasteiger partial charge in [-0.1, -0.05) is 306 Å². The molecule has 0 aromatic heterocycles. The monoisotopic (exact) mass is 1580 g/mol. The van der Waals surface area contributed by atoms with Crippen LogP contribution in [0.5, 0.6) is 0 Å². The number of carbonyl (C=O) groups excluding carboxylic acids is 4. The molecule has 110 heavy (non-hydrogen) atoms. The van der Waals surface area contributed by atoms with Crippen molar-refractivity contribution in [3.63, 3.8) is 0 Å². The van der Waals surface area contributed by atoms with Gasteiger partial charge in [0.25, 0.3) is 0 Å². The summed E-state index contributed by atoms with van der Waals surface area (Å²) in [5.41, 5.74) is 0. The van der Waals surface area contributed by atoms with E-state index in [2.05, 4.69) is 186 Å². The quantitative estimate of drug-likeness (QED) is 0.0169. The van der Waals surface area contributed by atoms with Gasteiger partial charge >= 0.3 is 39.5 Å². The topological polar surface area (TPSA) is 237 Å². The van der Waals surface area contributed by atoms with E-state index in [1.165, 1.54) is 19.3 Å². The lowest BCUT2D eigenvalue weighted by Crippen LogP contribution is -2.30. The summed E-state index contributed by atoms with van der Waals surface area (Å²) >= 11 is 0. The van der Waals surface area contributed by atoms with Crippen molar-refractivity contribution < 1.29 is 80.2 Å². The molecular weight excluding hydrogens is 1430 g/mol. The molecule has 5 unspecified atom stereocenters. The van der Waals surface area contributed by atoms with Crippen molar-refractivity contribution in [3.8, 4) is 0 Å². The van der Waals surface area contributed by atoms with Crippen molar-refractivity contribution in [2.24, 2.45) is 0 Å². The zero-order valence-corrected chi connectivity index (χ0v) is 70.1. The number of esters is 4. The lowest BCUT2D eigenvalue weighted by Gasteiger charge is -2.21. The zero-order valence-electron chi connectivity index (χ0n) is 68.4. The first-order valence-electron chi connectivity index (χ1n) is 42.0. The van der Waals surface area contributed by atoms with Crippen LogP contribution < -0.4 is 0 Å². The molecule has 0 fully saturated rings. The van der Waals surface area contributed by atoms with Crippen LogP contribution in [0.15, 0.2) is 182 Å². The Labute approximate surface area is 666 Å². The van der Waals surface area contributed by atoms with Crippen LogP contribution in [-0.4, -0.2) is 96.7 Å². The second kappa shape index (κ2) is 81.2. The normalized spacial score (nSPS) is 14.7. The standard InChI is InChI=1S/C91H148O17P2/c1-5-9-13-17-21-25-29-33-37-40-42-45-48-51-55-59-63-67-71-75-88(93)101-81-86(107-90(95)77-73-69-65-61-57-53-47-36-32-28-24-20-16-12-8-4)83-105-109(97,98)103-79-85(92)80-104-110(99,100)106-84-87(108-91(96)78-74-70-66-62-58-54-50-44-39-35-31-27-23-19-15-11-7-3)82-102-89(94)76-72-68-64-60-56-52-49-46-43-41-38-34-30-26-22-18-14-10-6-2/h9,11-13,15-16,21-28,33-39,42-43,45-47,57,61,69,73,85-87,92H,5-8,10,14,17-20,29-32,40-41,44,48-56,58-60,62-68,70-72,74-84H2,1-4H3,(H,97,98)(H,99,100)/b13-9-,15-11-,16-12-,25-21-,26-22-,27-23-,28-24-,37-33-,38-34-,39-35-,45-42-,46-43-,47-36-,61-57-,73-69-. The van der Waals surface area contributed by atoms with Gasteiger partial charge in [-0.05, 0) is 161 Å². The second-order valence-electron chi connectivity index (χ2n) is 27.3. The Morgan fingerprint density at radius 3 is 0.809 bits per heavy atom. The molecule has 17 nitrogen and oxygen atoms in total. The number of allylic oxidation sites excluding steroid dienone is 29. The predicted octanol–water partition coefficient (Wildman–Crippen LogP) is 25.1. The molecule has 0 heterocycles. The lowest BCUT2D eigenvalue weighted by molar-refractivity contribution is -0.161. The molecule has 0 aliphatic carbocycles. The molecule has 0 rings (SSSR count). The summed E-state index contributed by atoms with van der Waals surface area (Å²) < 4.78 is 68.6. The van der Waals surface area contributed by atoms with E-state index in [0.29, 0.717) is 25.7 Å². The van der Waals surface area contributed by atoms with Crippen LogP contribution in [-0.2, 0) is 65.4 Å². The van der Waals surface area contributed by atoms with Gasteiger partial charge in [0.2, 0.25) is 0 Å². The molecule has 0 aromatic carbocycles. The van der Waals surface area contributed by atoms with E-state index in [-0.39, 0.29) is 25.7 Å². The Morgan fingerprint density at radius 1 is 0.273 bits per heavy atom. The van der Waals surface area contributed by atoms with Crippen LogP contribution in [0.1, 0.15) is 310 Å². The van der Waals surface area contributed by atoms with E-state index in [4.69, 9.17) is 37.0 Å². The van der Waals surface area contributed by atoms with E-state index in [9.17, 15) is 43.2 Å². The van der Waals surface area contributed by atoms with Crippen molar-refractivity contribution >= 4 is 39.5 Å². The average Bonchev–Trinajstić information content (AvgIpc) is 0.899. The fourth-order valence-electron chi connectivity index (χ4n) is 10.6. The minimum Gasteiger partial charge on any atom is -0.462 e. The van der Waals surface area contributed by atoms with Gasteiger partial charge in [-0.25, -0.2) is 9.13 Å². The highest BCUT2D eigenvalue weighted by Gasteiger charge is 2.30. The first-order valence-corrected chi connectivity index (χ1v) is 45.0. The molecule has 0 radical (unpaired) electrons. The fourth-order valence-corrected chi connectivity index (χ4v) is 12.2. The van der Waals surface area contributed by atoms with Gasteiger partial charge in [0.05, 0.1) is 32.8 Å². The van der Waals surface area contributed by atoms with Gasteiger partial charge in [0, 0.05) is 19.3 Å². The largest absolute Gasteiger partial charge is 0.472 e. The minimum atomic E-state index is -5.02. The predicted molar refractivity (Wildman–Crippen MR) is 454 cm³/mol. The molecule has 3 N–H and O–H groups in total. The molecule has 19 heteroatoms. The van der Waals surface area contributed by atoms with E-state index < -0.39 is 97.5 Å². The summed E-state index contributed by atoms with van der Waals surface area (Å²) in [7, 11) is -10.0. The average molecular weight is 1580 g/mol. The SMILES string of the molecule is CC/C=C\C/C=C\C/C=C\C/C=C\C/C=C\CC(=O)OC(COC(=O)CCCCCCCC/C=C\C/C=C\C/C=C\C/C=C\CC)COP(=O)(O)OCC(O)COP(=O)(O)OCC(COC(=O)CCCCCCCC/C=C\C/C=C\C/C=C\CCCCC)OC(=O)CCCCCCCCC/C=C\C/C=C\C/C=C\CC. The Balaban J connectivity index is 5.47. The first-order chi connectivity index (χ1) is 53.7. The van der Waals surface area contributed by atoms with Gasteiger partial charge in [0.15, 0.2) is 12.2 Å². The molecule has 624 valence electrons. The van der Waals surface area contributed by atoms with Crippen LogP contribution in [0.25, 0.3) is 0 Å². The molecule has 0 amide bonds.